The largest absolute Gasteiger partial charge is 0.490 e. The van der Waals surface area contributed by atoms with E-state index in [1.807, 2.05) is 36.4 Å². The van der Waals surface area contributed by atoms with E-state index in [1.165, 1.54) is 6.08 Å². The van der Waals surface area contributed by atoms with Crippen LogP contribution in [-0.4, -0.2) is 37.0 Å². The van der Waals surface area contributed by atoms with Crippen molar-refractivity contribution in [3.8, 4) is 16.9 Å². The summed E-state index contributed by atoms with van der Waals surface area (Å²) in [6.07, 6.45) is 7.14. The second-order valence-corrected chi connectivity index (χ2v) is 7.24. The van der Waals surface area contributed by atoms with E-state index in [9.17, 15) is 4.79 Å². The summed E-state index contributed by atoms with van der Waals surface area (Å²) in [6.45, 7) is 9.45. The number of ether oxygens (including phenoxy) is 1. The highest BCUT2D eigenvalue weighted by Gasteiger charge is 2.17. The second kappa shape index (κ2) is 9.89. The first-order chi connectivity index (χ1) is 14.1. The number of hydrogen-bond acceptors (Lipinski definition) is 3. The van der Waals surface area contributed by atoms with Crippen LogP contribution in [0.4, 0.5) is 5.69 Å². The summed E-state index contributed by atoms with van der Waals surface area (Å²) in [5.74, 6) is 0.692. The van der Waals surface area contributed by atoms with Crippen molar-refractivity contribution >= 4 is 11.6 Å². The maximum atomic E-state index is 12.3. The maximum Gasteiger partial charge on any atom is 0.255 e. The smallest absolute Gasteiger partial charge is 0.255 e. The Labute approximate surface area is 173 Å². The third-order valence-corrected chi connectivity index (χ3v) is 5.06. The van der Waals surface area contributed by atoms with E-state index in [-0.39, 0.29) is 5.91 Å². The fourth-order valence-corrected chi connectivity index (χ4v) is 3.36. The predicted octanol–water partition coefficient (Wildman–Crippen LogP) is 5.06. The minimum Gasteiger partial charge on any atom is -0.490 e. The first-order valence-corrected chi connectivity index (χ1v) is 9.91. The molecule has 150 valence electrons. The minimum absolute atomic E-state index is 0.209. The number of likely N-dealkylation sites (tertiary alicyclic amines) is 1. The first-order valence-electron chi connectivity index (χ1n) is 9.91. The van der Waals surface area contributed by atoms with Crippen molar-refractivity contribution in [2.45, 2.75) is 18.9 Å². The molecule has 1 N–H and O–H groups in total. The van der Waals surface area contributed by atoms with E-state index in [2.05, 4.69) is 42.6 Å². The van der Waals surface area contributed by atoms with Crippen molar-refractivity contribution in [3.63, 3.8) is 0 Å². The fourth-order valence-electron chi connectivity index (χ4n) is 3.36. The van der Waals surface area contributed by atoms with Gasteiger partial charge in [-0.25, -0.2) is 0 Å². The number of hydrogen-bond donors (Lipinski definition) is 1. The SMILES string of the molecule is C=C/C=C(\C=C)C(=O)Nc1cccc(-c2ccc(OC3CCN(C)CC3)cc2)c1. The van der Waals surface area contributed by atoms with E-state index in [0.717, 1.165) is 48.5 Å². The van der Waals surface area contributed by atoms with Crippen LogP contribution in [0.15, 0.2) is 85.5 Å². The zero-order valence-electron chi connectivity index (χ0n) is 16.9. The number of nitrogens with one attached hydrogen (secondary N) is 1. The zero-order chi connectivity index (χ0) is 20.6. The molecule has 4 nitrogen and oxygen atoms in total. The van der Waals surface area contributed by atoms with Gasteiger partial charge in [0.2, 0.25) is 0 Å². The Bertz CT molecular complexity index is 891. The first kappa shape index (κ1) is 20.6. The zero-order valence-corrected chi connectivity index (χ0v) is 16.9. The van der Waals surface area contributed by atoms with Crippen LogP contribution in [0.1, 0.15) is 12.8 Å². The fraction of sp³-hybridized carbons (Fsp3) is 0.240. The minimum atomic E-state index is -0.209. The van der Waals surface area contributed by atoms with E-state index in [0.29, 0.717) is 11.7 Å². The Morgan fingerprint density at radius 3 is 2.48 bits per heavy atom. The third-order valence-electron chi connectivity index (χ3n) is 5.06. The summed E-state index contributed by atoms with van der Waals surface area (Å²) in [6, 6.07) is 15.9. The van der Waals surface area contributed by atoms with Gasteiger partial charge in [-0.1, -0.05) is 55.7 Å². The molecular formula is C25H28N2O2. The molecule has 0 radical (unpaired) electrons. The lowest BCUT2D eigenvalue weighted by Gasteiger charge is -2.29. The molecule has 0 bridgehead atoms. The van der Waals surface area contributed by atoms with E-state index >= 15 is 0 Å². The van der Waals surface area contributed by atoms with Gasteiger partial charge in [0, 0.05) is 24.4 Å². The van der Waals surface area contributed by atoms with Crippen molar-refractivity contribution in [1.82, 2.24) is 4.90 Å². The number of benzene rings is 2. The molecule has 29 heavy (non-hydrogen) atoms. The molecule has 0 saturated carbocycles. The van der Waals surface area contributed by atoms with E-state index < -0.39 is 0 Å². The molecule has 1 aliphatic heterocycles. The van der Waals surface area contributed by atoms with Gasteiger partial charge in [0.15, 0.2) is 0 Å². The lowest BCUT2D eigenvalue weighted by atomic mass is 10.0. The van der Waals surface area contributed by atoms with Crippen molar-refractivity contribution < 1.29 is 9.53 Å². The lowest BCUT2D eigenvalue weighted by molar-refractivity contribution is -0.112. The van der Waals surface area contributed by atoms with Gasteiger partial charge in [0.1, 0.15) is 11.9 Å². The normalized spacial score (nSPS) is 15.6. The maximum absolute atomic E-state index is 12.3. The molecule has 0 aromatic heterocycles. The van der Waals surface area contributed by atoms with Gasteiger partial charge in [-0.05, 0) is 55.3 Å². The predicted molar refractivity (Wildman–Crippen MR) is 120 cm³/mol. The molecule has 4 heteroatoms. The summed E-state index contributed by atoms with van der Waals surface area (Å²) in [7, 11) is 2.15. The van der Waals surface area contributed by atoms with Crippen molar-refractivity contribution in [2.24, 2.45) is 0 Å². The molecule has 1 amide bonds. The topological polar surface area (TPSA) is 41.6 Å². The monoisotopic (exact) mass is 388 g/mol. The lowest BCUT2D eigenvalue weighted by Crippen LogP contribution is -2.35. The van der Waals surface area contributed by atoms with Gasteiger partial charge in [0.25, 0.3) is 5.91 Å². The standard InChI is InChI=1S/C25H28N2O2/c1-4-7-19(5-2)25(28)26-22-9-6-8-21(18-22)20-10-12-23(13-11-20)29-24-14-16-27(3)17-15-24/h4-13,18,24H,1-2,14-17H2,3H3,(H,26,28)/b19-7+. The van der Waals surface area contributed by atoms with Crippen LogP contribution in [-0.2, 0) is 4.79 Å². The molecule has 0 aliphatic carbocycles. The molecule has 0 unspecified atom stereocenters. The van der Waals surface area contributed by atoms with Crippen molar-refractivity contribution in [2.75, 3.05) is 25.5 Å². The van der Waals surface area contributed by atoms with Gasteiger partial charge in [-0.3, -0.25) is 4.79 Å². The Morgan fingerprint density at radius 1 is 1.10 bits per heavy atom. The van der Waals surface area contributed by atoms with Crippen LogP contribution in [0.3, 0.4) is 0 Å². The van der Waals surface area contributed by atoms with E-state index in [1.54, 1.807) is 12.2 Å². The number of amides is 1. The Morgan fingerprint density at radius 2 is 1.83 bits per heavy atom. The second-order valence-electron chi connectivity index (χ2n) is 7.24. The number of anilines is 1. The number of carbonyl (C=O) groups is 1. The average Bonchev–Trinajstić information content (AvgIpc) is 2.74. The molecule has 1 heterocycles. The Balaban J connectivity index is 1.67. The van der Waals surface area contributed by atoms with Crippen LogP contribution >= 0.6 is 0 Å². The molecule has 0 spiro atoms. The quantitative estimate of drug-likeness (QED) is 0.532. The summed E-state index contributed by atoms with van der Waals surface area (Å²) in [5.41, 5.74) is 3.31. The van der Waals surface area contributed by atoms with Gasteiger partial charge in [-0.15, -0.1) is 0 Å². The van der Waals surface area contributed by atoms with Crippen LogP contribution < -0.4 is 10.1 Å². The van der Waals surface area contributed by atoms with Gasteiger partial charge in [-0.2, -0.15) is 0 Å². The molecule has 1 fully saturated rings. The van der Waals surface area contributed by atoms with Crippen LogP contribution in [0, 0.1) is 0 Å². The Hall–Kier alpha value is -3.11. The van der Waals surface area contributed by atoms with Gasteiger partial charge >= 0.3 is 0 Å². The van der Waals surface area contributed by atoms with Crippen LogP contribution in [0.2, 0.25) is 0 Å². The molecule has 1 saturated heterocycles. The summed E-state index contributed by atoms with van der Waals surface area (Å²) in [5, 5.41) is 2.90. The van der Waals surface area contributed by atoms with Crippen molar-refractivity contribution in [3.05, 3.63) is 85.5 Å². The highest BCUT2D eigenvalue weighted by atomic mass is 16.5. The summed E-state index contributed by atoms with van der Waals surface area (Å²) < 4.78 is 6.13. The number of rotatable bonds is 7. The highest BCUT2D eigenvalue weighted by molar-refractivity contribution is 6.06. The molecule has 2 aromatic rings. The number of allylic oxidation sites excluding steroid dienone is 2. The highest BCUT2D eigenvalue weighted by Crippen LogP contribution is 2.26. The van der Waals surface area contributed by atoms with Gasteiger partial charge in [0.05, 0.1) is 0 Å². The molecule has 3 rings (SSSR count). The molecular weight excluding hydrogens is 360 g/mol. The Kier molecular flexibility index (Phi) is 7.04. The van der Waals surface area contributed by atoms with Crippen LogP contribution in [0.5, 0.6) is 5.75 Å². The number of carbonyl (C=O) groups excluding carboxylic acids is 1. The average molecular weight is 389 g/mol. The molecule has 1 aliphatic rings. The number of nitrogens with zero attached hydrogens (tertiary/aromatic N) is 1. The van der Waals surface area contributed by atoms with E-state index in [4.69, 9.17) is 4.74 Å². The number of piperidine rings is 1. The van der Waals surface area contributed by atoms with Crippen LogP contribution in [0.25, 0.3) is 11.1 Å². The summed E-state index contributed by atoms with van der Waals surface area (Å²) in [4.78, 5) is 14.7. The molecule has 2 aromatic carbocycles. The third kappa shape index (κ3) is 5.69. The van der Waals surface area contributed by atoms with Gasteiger partial charge < -0.3 is 15.0 Å². The molecule has 0 atom stereocenters. The summed E-state index contributed by atoms with van der Waals surface area (Å²) >= 11 is 0. The van der Waals surface area contributed by atoms with Crippen molar-refractivity contribution in [1.29, 1.82) is 0 Å².